The number of carboxylic acid groups (broad SMARTS) is 1. The third-order valence-electron chi connectivity index (χ3n) is 6.75. The van der Waals surface area contributed by atoms with Crippen molar-refractivity contribution in [2.75, 3.05) is 20.2 Å². The fourth-order valence-electron chi connectivity index (χ4n) is 4.65. The molecule has 1 heterocycles. The number of carboxylic acids is 1. The lowest BCUT2D eigenvalue weighted by Crippen LogP contribution is -2.61. The highest BCUT2D eigenvalue weighted by atomic mass is 16.7. The number of benzene rings is 3. The molecule has 3 aromatic carbocycles. The van der Waals surface area contributed by atoms with Crippen LogP contribution in [0.15, 0.2) is 78.9 Å². The fraction of sp³-hybridized carbons (Fsp3) is 0.323. The Morgan fingerprint density at radius 3 is 1.98 bits per heavy atom. The van der Waals surface area contributed by atoms with E-state index in [9.17, 15) is 25.2 Å². The van der Waals surface area contributed by atoms with E-state index in [1.54, 1.807) is 12.1 Å². The number of hydrogen-bond acceptors (Lipinski definition) is 8. The molecule has 0 aliphatic carbocycles. The van der Waals surface area contributed by atoms with Crippen molar-refractivity contribution < 1.29 is 39.4 Å². The van der Waals surface area contributed by atoms with Crippen molar-refractivity contribution in [3.63, 3.8) is 0 Å². The lowest BCUT2D eigenvalue weighted by molar-refractivity contribution is -0.271. The maximum Gasteiger partial charge on any atom is 0.335 e. The number of likely N-dealkylation sites (N-methyl/N-ethyl adjacent to an activating group) is 1. The molecular weight excluding hydrogens is 514 g/mol. The molecule has 0 saturated carbocycles. The molecule has 5 atom stereocenters. The van der Waals surface area contributed by atoms with Gasteiger partial charge in [-0.3, -0.25) is 0 Å². The van der Waals surface area contributed by atoms with Crippen LogP contribution in [-0.4, -0.2) is 77.3 Å². The number of aliphatic carboxylic acids is 1. The smallest absolute Gasteiger partial charge is 0.335 e. The molecule has 0 amide bonds. The van der Waals surface area contributed by atoms with Gasteiger partial charge in [-0.2, -0.15) is 0 Å². The second kappa shape index (κ2) is 13.6. The average molecular weight is 550 g/mol. The minimum Gasteiger partial charge on any atom is -0.492 e. The van der Waals surface area contributed by atoms with E-state index in [1.165, 1.54) is 0 Å². The summed E-state index contributed by atoms with van der Waals surface area (Å²) in [6, 6.07) is 25.2. The molecule has 0 spiro atoms. The number of aliphatic hydroxyl groups is 3. The van der Waals surface area contributed by atoms with Gasteiger partial charge >= 0.3 is 5.97 Å². The molecule has 40 heavy (non-hydrogen) atoms. The highest BCUT2D eigenvalue weighted by Crippen LogP contribution is 2.36. The summed E-state index contributed by atoms with van der Waals surface area (Å²) < 4.78 is 16.7. The summed E-state index contributed by atoms with van der Waals surface area (Å²) in [5.74, 6) is -0.396. The first-order valence-electron chi connectivity index (χ1n) is 13.2. The summed E-state index contributed by atoms with van der Waals surface area (Å²) in [6.07, 6.45) is -7.60. The van der Waals surface area contributed by atoms with Crippen LogP contribution in [0.5, 0.6) is 11.5 Å². The second-order valence-corrected chi connectivity index (χ2v) is 9.43. The van der Waals surface area contributed by atoms with Crippen molar-refractivity contribution in [1.29, 1.82) is 0 Å². The number of nitrogens with one attached hydrogen (secondary N) is 1. The van der Waals surface area contributed by atoms with Gasteiger partial charge in [-0.15, -0.1) is 0 Å². The molecule has 4 rings (SSSR count). The normalized spacial score (nSPS) is 23.3. The van der Waals surface area contributed by atoms with Crippen molar-refractivity contribution in [3.8, 4) is 11.5 Å². The van der Waals surface area contributed by atoms with E-state index >= 15 is 0 Å². The molecule has 9 heteroatoms. The maximum absolute atomic E-state index is 11.4. The standard InChI is InChI=1S/C31H35NO8/c1-3-24(19-7-5-4-6-8-19)25(20-9-13-22(14-10-20)38-18-17-32-2)21-11-15-23(16-12-21)39-31-28(35)26(33)27(34)29(40-31)30(36)37/h4-16,26-29,31-35H,3,17-18H2,1-2H3,(H,36,37)/t26-,27-,28+,29-,31+/m0/s1. The fourth-order valence-corrected chi connectivity index (χ4v) is 4.65. The molecule has 0 bridgehead atoms. The van der Waals surface area contributed by atoms with Crippen LogP contribution in [-0.2, 0) is 9.53 Å². The molecule has 1 aliphatic heterocycles. The van der Waals surface area contributed by atoms with Gasteiger partial charge in [0.25, 0.3) is 0 Å². The first kappa shape index (κ1) is 29.3. The number of aliphatic hydroxyl groups excluding tert-OH is 3. The first-order valence-corrected chi connectivity index (χ1v) is 13.2. The molecule has 1 aliphatic rings. The zero-order chi connectivity index (χ0) is 28.6. The van der Waals surface area contributed by atoms with Gasteiger partial charge in [0.1, 0.15) is 36.4 Å². The predicted molar refractivity (Wildman–Crippen MR) is 150 cm³/mol. The maximum atomic E-state index is 11.4. The lowest BCUT2D eigenvalue weighted by atomic mass is 9.88. The highest BCUT2D eigenvalue weighted by molar-refractivity contribution is 5.98. The van der Waals surface area contributed by atoms with Crippen molar-refractivity contribution in [3.05, 3.63) is 95.6 Å². The monoisotopic (exact) mass is 549 g/mol. The molecule has 5 N–H and O–H groups in total. The van der Waals surface area contributed by atoms with Gasteiger partial charge in [0.05, 0.1) is 0 Å². The summed E-state index contributed by atoms with van der Waals surface area (Å²) in [5.41, 5.74) is 5.19. The molecule has 3 aromatic rings. The van der Waals surface area contributed by atoms with Crippen molar-refractivity contribution >= 4 is 17.1 Å². The largest absolute Gasteiger partial charge is 0.492 e. The van der Waals surface area contributed by atoms with Crippen molar-refractivity contribution in [1.82, 2.24) is 5.32 Å². The van der Waals surface area contributed by atoms with Gasteiger partial charge in [-0.1, -0.05) is 61.5 Å². The van der Waals surface area contributed by atoms with Gasteiger partial charge in [0, 0.05) is 6.54 Å². The van der Waals surface area contributed by atoms with E-state index in [4.69, 9.17) is 14.2 Å². The Hall–Kier alpha value is -3.73. The topological polar surface area (TPSA) is 138 Å². The van der Waals surface area contributed by atoms with Crippen LogP contribution in [0.25, 0.3) is 11.1 Å². The van der Waals surface area contributed by atoms with Crippen LogP contribution in [0.1, 0.15) is 30.0 Å². The lowest BCUT2D eigenvalue weighted by Gasteiger charge is -2.38. The van der Waals surface area contributed by atoms with E-state index in [0.717, 1.165) is 46.6 Å². The van der Waals surface area contributed by atoms with Crippen LogP contribution in [0.2, 0.25) is 0 Å². The molecule has 1 saturated heterocycles. The van der Waals surface area contributed by atoms with Gasteiger partial charge in [0.15, 0.2) is 6.10 Å². The Morgan fingerprint density at radius 2 is 1.43 bits per heavy atom. The average Bonchev–Trinajstić information content (AvgIpc) is 2.97. The number of hydrogen-bond donors (Lipinski definition) is 5. The summed E-state index contributed by atoms with van der Waals surface area (Å²) in [5, 5.41) is 42.7. The third kappa shape index (κ3) is 6.70. The van der Waals surface area contributed by atoms with E-state index in [-0.39, 0.29) is 0 Å². The van der Waals surface area contributed by atoms with Gasteiger partial charge < -0.3 is 40.0 Å². The predicted octanol–water partition coefficient (Wildman–Crippen LogP) is 2.92. The quantitative estimate of drug-likeness (QED) is 0.181. The van der Waals surface area contributed by atoms with Crippen LogP contribution >= 0.6 is 0 Å². The van der Waals surface area contributed by atoms with E-state index in [1.807, 2.05) is 61.6 Å². The Morgan fingerprint density at radius 1 is 0.825 bits per heavy atom. The zero-order valence-electron chi connectivity index (χ0n) is 22.4. The highest BCUT2D eigenvalue weighted by Gasteiger charge is 2.48. The Kier molecular flexibility index (Phi) is 9.92. The molecule has 9 nitrogen and oxygen atoms in total. The molecule has 1 fully saturated rings. The minimum atomic E-state index is -1.78. The Labute approximate surface area is 233 Å². The zero-order valence-corrected chi connectivity index (χ0v) is 22.4. The van der Waals surface area contributed by atoms with E-state index in [0.29, 0.717) is 12.4 Å². The SMILES string of the molecule is CCC(=C(c1ccc(OCCNC)cc1)c1ccc(O[C@@H]2O[C@H](C(=O)O)[C@@H](O)[C@H](O)[C@H]2O)cc1)c1ccccc1. The number of allylic oxidation sites excluding steroid dienone is 1. The summed E-state index contributed by atoms with van der Waals surface area (Å²) >= 11 is 0. The number of ether oxygens (including phenoxy) is 3. The van der Waals surface area contributed by atoms with Gasteiger partial charge in [-0.05, 0) is 65.6 Å². The van der Waals surface area contributed by atoms with Crippen LogP contribution < -0.4 is 14.8 Å². The summed E-state index contributed by atoms with van der Waals surface area (Å²) in [4.78, 5) is 11.4. The van der Waals surface area contributed by atoms with Gasteiger partial charge in [0.2, 0.25) is 6.29 Å². The van der Waals surface area contributed by atoms with E-state index in [2.05, 4.69) is 24.4 Å². The number of carbonyl (C=O) groups is 1. The van der Waals surface area contributed by atoms with Crippen LogP contribution in [0.3, 0.4) is 0 Å². The van der Waals surface area contributed by atoms with Gasteiger partial charge in [-0.25, -0.2) is 4.79 Å². The molecule has 0 radical (unpaired) electrons. The second-order valence-electron chi connectivity index (χ2n) is 9.43. The van der Waals surface area contributed by atoms with E-state index < -0.39 is 36.7 Å². The molecule has 0 aromatic heterocycles. The van der Waals surface area contributed by atoms with Crippen molar-refractivity contribution in [2.45, 2.75) is 44.1 Å². The summed E-state index contributed by atoms with van der Waals surface area (Å²) in [7, 11) is 1.88. The van der Waals surface area contributed by atoms with Crippen LogP contribution in [0, 0.1) is 0 Å². The number of rotatable bonds is 11. The first-order chi connectivity index (χ1) is 19.3. The van der Waals surface area contributed by atoms with Crippen LogP contribution in [0.4, 0.5) is 0 Å². The summed E-state index contributed by atoms with van der Waals surface area (Å²) in [6.45, 7) is 3.41. The third-order valence-corrected chi connectivity index (χ3v) is 6.75. The van der Waals surface area contributed by atoms with Crippen molar-refractivity contribution in [2.24, 2.45) is 0 Å². The molecule has 212 valence electrons. The Bertz CT molecular complexity index is 1280. The molecule has 0 unspecified atom stereocenters. The minimum absolute atomic E-state index is 0.297. The molecular formula is C31H35NO8. The Balaban J connectivity index is 1.65.